The highest BCUT2D eigenvalue weighted by Crippen LogP contribution is 2.33. The Bertz CT molecular complexity index is 1190. The van der Waals surface area contributed by atoms with Crippen LogP contribution in [0.25, 0.3) is 6.08 Å². The van der Waals surface area contributed by atoms with Crippen molar-refractivity contribution in [3.05, 3.63) is 67.6 Å². The van der Waals surface area contributed by atoms with Gasteiger partial charge in [-0.2, -0.15) is 0 Å². The largest absolute Gasteiger partial charge is 0.488 e. The van der Waals surface area contributed by atoms with Crippen molar-refractivity contribution in [1.82, 2.24) is 9.80 Å². The van der Waals surface area contributed by atoms with Crippen LogP contribution in [0.4, 0.5) is 4.79 Å². The summed E-state index contributed by atoms with van der Waals surface area (Å²) < 4.78 is 11.9. The van der Waals surface area contributed by atoms with Gasteiger partial charge in [0, 0.05) is 13.1 Å². The maximum absolute atomic E-state index is 12.8. The molecule has 2 fully saturated rings. The molecule has 0 spiro atoms. The summed E-state index contributed by atoms with van der Waals surface area (Å²) in [7, 11) is 0. The minimum Gasteiger partial charge on any atom is -0.488 e. The Kier molecular flexibility index (Phi) is 8.08. The van der Waals surface area contributed by atoms with Crippen LogP contribution in [-0.4, -0.2) is 70.8 Å². The molecule has 0 unspecified atom stereocenters. The molecule has 2 aliphatic rings. The first-order chi connectivity index (χ1) is 16.8. The first-order valence-corrected chi connectivity index (χ1v) is 12.6. The van der Waals surface area contributed by atoms with Crippen LogP contribution >= 0.6 is 34.4 Å². The fraction of sp³-hybridized carbons (Fsp3) is 0.250. The van der Waals surface area contributed by atoms with Crippen LogP contribution < -0.4 is 4.74 Å². The van der Waals surface area contributed by atoms with E-state index in [1.807, 2.05) is 6.07 Å². The van der Waals surface area contributed by atoms with Gasteiger partial charge in [0.25, 0.3) is 11.1 Å². The maximum Gasteiger partial charge on any atom is 0.335 e. The van der Waals surface area contributed by atoms with E-state index < -0.39 is 17.1 Å². The molecular formula is C24H21IN2O7S. The number of hydrogen-bond acceptors (Lipinski definition) is 7. The molecule has 0 aliphatic carbocycles. The van der Waals surface area contributed by atoms with E-state index in [9.17, 15) is 19.2 Å². The third-order valence-corrected chi connectivity index (χ3v) is 7.13. The van der Waals surface area contributed by atoms with Crippen LogP contribution in [0.1, 0.15) is 21.5 Å². The third-order valence-electron chi connectivity index (χ3n) is 5.38. The number of aromatic carboxylic acids is 1. The van der Waals surface area contributed by atoms with Gasteiger partial charge in [0.05, 0.1) is 27.3 Å². The van der Waals surface area contributed by atoms with Crippen molar-refractivity contribution >= 4 is 63.5 Å². The molecule has 4 rings (SSSR count). The topological polar surface area (TPSA) is 113 Å². The molecule has 0 atom stereocenters. The first-order valence-electron chi connectivity index (χ1n) is 10.7. The van der Waals surface area contributed by atoms with E-state index in [2.05, 4.69) is 22.6 Å². The molecule has 182 valence electrons. The fourth-order valence-corrected chi connectivity index (χ4v) is 5.00. The molecule has 2 aromatic rings. The number of carboxylic acid groups (broad SMARTS) is 1. The van der Waals surface area contributed by atoms with Gasteiger partial charge in [-0.15, -0.1) is 0 Å². The second kappa shape index (κ2) is 11.2. The molecule has 2 heterocycles. The summed E-state index contributed by atoms with van der Waals surface area (Å²) in [5.74, 6) is -1.11. The molecule has 2 aliphatic heterocycles. The zero-order chi connectivity index (χ0) is 24.9. The number of amides is 3. The minimum atomic E-state index is -0.982. The van der Waals surface area contributed by atoms with Crippen LogP contribution in [0.3, 0.4) is 0 Å². The average molecular weight is 608 g/mol. The summed E-state index contributed by atoms with van der Waals surface area (Å²) in [6, 6.07) is 11.8. The van der Waals surface area contributed by atoms with E-state index in [1.54, 1.807) is 35.2 Å². The number of thioether (sulfide) groups is 1. The zero-order valence-corrected chi connectivity index (χ0v) is 21.4. The van der Waals surface area contributed by atoms with Crippen LogP contribution in [0.5, 0.6) is 5.75 Å². The van der Waals surface area contributed by atoms with E-state index in [0.29, 0.717) is 32.1 Å². The molecule has 9 nitrogen and oxygen atoms in total. The Balaban J connectivity index is 1.38. The number of imide groups is 1. The van der Waals surface area contributed by atoms with E-state index in [4.69, 9.17) is 14.6 Å². The highest BCUT2D eigenvalue weighted by Gasteiger charge is 2.37. The van der Waals surface area contributed by atoms with Crippen molar-refractivity contribution in [3.63, 3.8) is 0 Å². The normalized spacial score (nSPS) is 17.2. The Morgan fingerprint density at radius 2 is 1.83 bits per heavy atom. The predicted octanol–water partition coefficient (Wildman–Crippen LogP) is 3.46. The quantitative estimate of drug-likeness (QED) is 0.376. The van der Waals surface area contributed by atoms with E-state index in [1.165, 1.54) is 12.1 Å². The summed E-state index contributed by atoms with van der Waals surface area (Å²) in [4.78, 5) is 51.4. The Morgan fingerprint density at radius 3 is 2.49 bits per heavy atom. The van der Waals surface area contributed by atoms with E-state index in [-0.39, 0.29) is 29.5 Å². The molecular weight excluding hydrogens is 587 g/mol. The van der Waals surface area contributed by atoms with Crippen molar-refractivity contribution in [2.75, 3.05) is 32.8 Å². The zero-order valence-electron chi connectivity index (χ0n) is 18.4. The monoisotopic (exact) mass is 608 g/mol. The molecule has 2 saturated heterocycles. The summed E-state index contributed by atoms with van der Waals surface area (Å²) in [5, 5.41) is 8.52. The van der Waals surface area contributed by atoms with Crippen molar-refractivity contribution in [2.24, 2.45) is 0 Å². The predicted molar refractivity (Wildman–Crippen MR) is 137 cm³/mol. The van der Waals surface area contributed by atoms with Gasteiger partial charge in [-0.3, -0.25) is 19.3 Å². The lowest BCUT2D eigenvalue weighted by molar-refractivity contribution is -0.139. The average Bonchev–Trinajstić information content (AvgIpc) is 3.11. The Morgan fingerprint density at radius 1 is 1.11 bits per heavy atom. The SMILES string of the molecule is O=C(O)c1ccc(COc2ccc(/C=C3/SC(=O)N(CC(=O)N4CCOCC4)C3=O)cc2I)cc1. The molecule has 0 aromatic heterocycles. The number of morpholine rings is 1. The third kappa shape index (κ3) is 6.21. The molecule has 1 N–H and O–H groups in total. The second-order valence-corrected chi connectivity index (χ2v) is 9.90. The molecule has 0 saturated carbocycles. The molecule has 0 bridgehead atoms. The van der Waals surface area contributed by atoms with Crippen molar-refractivity contribution in [2.45, 2.75) is 6.61 Å². The summed E-state index contributed by atoms with van der Waals surface area (Å²) in [6.45, 7) is 1.79. The van der Waals surface area contributed by atoms with Gasteiger partial charge < -0.3 is 19.5 Å². The lowest BCUT2D eigenvalue weighted by Crippen LogP contribution is -2.46. The van der Waals surface area contributed by atoms with Gasteiger partial charge in [-0.25, -0.2) is 4.79 Å². The molecule has 11 heteroatoms. The smallest absolute Gasteiger partial charge is 0.335 e. The Labute approximate surface area is 219 Å². The molecule has 2 aromatic carbocycles. The fourth-order valence-electron chi connectivity index (χ4n) is 3.46. The Hall–Kier alpha value is -2.90. The summed E-state index contributed by atoms with van der Waals surface area (Å²) in [6.07, 6.45) is 1.63. The molecule has 3 amide bonds. The number of ether oxygens (including phenoxy) is 2. The summed E-state index contributed by atoms with van der Waals surface area (Å²) >= 11 is 2.94. The minimum absolute atomic E-state index is 0.211. The van der Waals surface area contributed by atoms with Crippen LogP contribution in [0.2, 0.25) is 0 Å². The van der Waals surface area contributed by atoms with Crippen LogP contribution in [0.15, 0.2) is 47.4 Å². The number of benzene rings is 2. The lowest BCUT2D eigenvalue weighted by Gasteiger charge is -2.28. The van der Waals surface area contributed by atoms with Gasteiger partial charge >= 0.3 is 5.97 Å². The first kappa shape index (κ1) is 25.2. The number of carbonyl (C=O) groups excluding carboxylic acids is 3. The van der Waals surface area contributed by atoms with Crippen molar-refractivity contribution < 1.29 is 33.8 Å². The standard InChI is InChI=1S/C24H21IN2O7S/c25-18-11-16(3-6-19(18)34-14-15-1-4-17(5-2-15)23(30)31)12-20-22(29)27(24(32)35-20)13-21(28)26-7-9-33-10-8-26/h1-6,11-12H,7-10,13-14H2,(H,30,31)/b20-12+. The van der Waals surface area contributed by atoms with E-state index in [0.717, 1.165) is 31.4 Å². The number of rotatable bonds is 7. The van der Waals surface area contributed by atoms with Crippen molar-refractivity contribution in [1.29, 1.82) is 0 Å². The van der Waals surface area contributed by atoms with Gasteiger partial charge in [0.15, 0.2) is 0 Å². The number of hydrogen-bond donors (Lipinski definition) is 1. The molecule has 35 heavy (non-hydrogen) atoms. The highest BCUT2D eigenvalue weighted by molar-refractivity contribution is 14.1. The maximum atomic E-state index is 12.8. The lowest BCUT2D eigenvalue weighted by atomic mass is 10.1. The number of halogens is 1. The van der Waals surface area contributed by atoms with E-state index >= 15 is 0 Å². The highest BCUT2D eigenvalue weighted by atomic mass is 127. The number of nitrogens with zero attached hydrogens (tertiary/aromatic N) is 2. The number of carbonyl (C=O) groups is 4. The molecule has 0 radical (unpaired) electrons. The van der Waals surface area contributed by atoms with Crippen LogP contribution in [-0.2, 0) is 20.9 Å². The van der Waals surface area contributed by atoms with Gasteiger partial charge in [-0.05, 0) is 75.8 Å². The summed E-state index contributed by atoms with van der Waals surface area (Å²) in [5.41, 5.74) is 1.76. The number of carboxylic acids is 1. The van der Waals surface area contributed by atoms with Gasteiger partial charge in [-0.1, -0.05) is 18.2 Å². The van der Waals surface area contributed by atoms with Gasteiger partial charge in [0.1, 0.15) is 18.9 Å². The van der Waals surface area contributed by atoms with Crippen molar-refractivity contribution in [3.8, 4) is 5.75 Å². The van der Waals surface area contributed by atoms with Crippen LogP contribution in [0, 0.1) is 3.57 Å². The van der Waals surface area contributed by atoms with Gasteiger partial charge in [0.2, 0.25) is 5.91 Å². The second-order valence-electron chi connectivity index (χ2n) is 7.74.